The molecule has 128 valence electrons. The standard InChI is InChI=1S/C24H20O2/c1-15-12-13-18(16(2)14-15)21(17-8-4-3-5-9-17)22-23(25)19-10-6-7-11-20(19)24(22)26/h3-14,21,25H,1-2H3/t21-/m1/s1. The molecule has 0 unspecified atom stereocenters. The lowest BCUT2D eigenvalue weighted by molar-refractivity contribution is 0.103. The van der Waals surface area contributed by atoms with Crippen molar-refractivity contribution in [1.82, 2.24) is 0 Å². The Hall–Kier alpha value is -3.13. The first kappa shape index (κ1) is 16.3. The lowest BCUT2D eigenvalue weighted by atomic mass is 9.81. The van der Waals surface area contributed by atoms with Gasteiger partial charge < -0.3 is 5.11 Å². The molecule has 0 bridgehead atoms. The minimum atomic E-state index is -0.295. The van der Waals surface area contributed by atoms with Crippen LogP contribution in [0.4, 0.5) is 0 Å². The molecule has 1 N–H and O–H groups in total. The van der Waals surface area contributed by atoms with Crippen LogP contribution in [-0.4, -0.2) is 10.9 Å². The van der Waals surface area contributed by atoms with Gasteiger partial charge in [0.25, 0.3) is 0 Å². The van der Waals surface area contributed by atoms with Gasteiger partial charge in [-0.3, -0.25) is 4.79 Å². The fourth-order valence-corrected chi connectivity index (χ4v) is 3.85. The van der Waals surface area contributed by atoms with Crippen LogP contribution in [-0.2, 0) is 0 Å². The summed E-state index contributed by atoms with van der Waals surface area (Å²) in [5.41, 5.74) is 6.00. The quantitative estimate of drug-likeness (QED) is 0.674. The summed E-state index contributed by atoms with van der Waals surface area (Å²) in [5, 5.41) is 10.9. The summed E-state index contributed by atoms with van der Waals surface area (Å²) < 4.78 is 0. The van der Waals surface area contributed by atoms with Crippen molar-refractivity contribution in [2.75, 3.05) is 0 Å². The Labute approximate surface area is 153 Å². The van der Waals surface area contributed by atoms with Gasteiger partial charge in [0.05, 0.1) is 5.57 Å². The lowest BCUT2D eigenvalue weighted by Gasteiger charge is -2.21. The van der Waals surface area contributed by atoms with Gasteiger partial charge in [-0.15, -0.1) is 0 Å². The zero-order chi connectivity index (χ0) is 18.3. The molecule has 2 nitrogen and oxygen atoms in total. The van der Waals surface area contributed by atoms with Gasteiger partial charge >= 0.3 is 0 Å². The molecule has 1 atom stereocenters. The Morgan fingerprint density at radius 3 is 2.12 bits per heavy atom. The van der Waals surface area contributed by atoms with Crippen molar-refractivity contribution in [2.24, 2.45) is 0 Å². The molecule has 0 aliphatic heterocycles. The number of aliphatic hydroxyl groups is 1. The SMILES string of the molecule is Cc1ccc([C@H](C2=C(O)c3ccccc3C2=O)c2ccccc2)c(C)c1. The summed E-state index contributed by atoms with van der Waals surface area (Å²) in [6, 6.07) is 23.4. The first-order valence-corrected chi connectivity index (χ1v) is 8.77. The molecule has 0 aromatic heterocycles. The van der Waals surface area contributed by atoms with Crippen LogP contribution in [0.5, 0.6) is 0 Å². The number of aryl methyl sites for hydroxylation is 2. The Morgan fingerprint density at radius 1 is 0.808 bits per heavy atom. The van der Waals surface area contributed by atoms with E-state index in [1.54, 1.807) is 12.1 Å². The van der Waals surface area contributed by atoms with E-state index in [1.807, 2.05) is 42.5 Å². The fourth-order valence-electron chi connectivity index (χ4n) is 3.85. The van der Waals surface area contributed by atoms with E-state index < -0.39 is 0 Å². The second-order valence-corrected chi connectivity index (χ2v) is 6.84. The van der Waals surface area contributed by atoms with E-state index in [9.17, 15) is 9.90 Å². The number of Topliss-reactive ketones (excluding diaryl/α,β-unsaturated/α-hetero) is 1. The first-order valence-electron chi connectivity index (χ1n) is 8.77. The maximum absolute atomic E-state index is 13.2. The number of carbonyl (C=O) groups excluding carboxylic acids is 1. The van der Waals surface area contributed by atoms with Crippen LogP contribution in [0.3, 0.4) is 0 Å². The van der Waals surface area contributed by atoms with Crippen LogP contribution >= 0.6 is 0 Å². The molecule has 0 spiro atoms. The van der Waals surface area contributed by atoms with Crippen molar-refractivity contribution in [3.8, 4) is 0 Å². The summed E-state index contributed by atoms with van der Waals surface area (Å²) in [6.07, 6.45) is 0. The Bertz CT molecular complexity index is 1030. The molecule has 0 saturated heterocycles. The zero-order valence-corrected chi connectivity index (χ0v) is 14.9. The predicted octanol–water partition coefficient (Wildman–Crippen LogP) is 5.60. The van der Waals surface area contributed by atoms with Gasteiger partial charge in [-0.05, 0) is 30.5 Å². The number of hydrogen-bond donors (Lipinski definition) is 1. The van der Waals surface area contributed by atoms with Crippen LogP contribution < -0.4 is 0 Å². The van der Waals surface area contributed by atoms with E-state index in [4.69, 9.17) is 0 Å². The summed E-state index contributed by atoms with van der Waals surface area (Å²) in [7, 11) is 0. The third kappa shape index (κ3) is 2.55. The molecule has 1 aliphatic carbocycles. The highest BCUT2D eigenvalue weighted by molar-refractivity contribution is 6.20. The molecule has 0 heterocycles. The summed E-state index contributed by atoms with van der Waals surface area (Å²) in [4.78, 5) is 13.2. The fraction of sp³-hybridized carbons (Fsp3) is 0.125. The Kier molecular flexibility index (Phi) is 3.96. The van der Waals surface area contributed by atoms with Crippen molar-refractivity contribution in [3.05, 3.63) is 112 Å². The second-order valence-electron chi connectivity index (χ2n) is 6.84. The van der Waals surface area contributed by atoms with Gasteiger partial charge in [0, 0.05) is 17.0 Å². The average Bonchev–Trinajstić information content (AvgIpc) is 2.90. The molecule has 1 aliphatic rings. The van der Waals surface area contributed by atoms with Gasteiger partial charge in [-0.1, -0.05) is 78.4 Å². The minimum absolute atomic E-state index is 0.0908. The van der Waals surface area contributed by atoms with Crippen molar-refractivity contribution in [2.45, 2.75) is 19.8 Å². The third-order valence-corrected chi connectivity index (χ3v) is 5.08. The summed E-state index contributed by atoms with van der Waals surface area (Å²) >= 11 is 0. The molecule has 0 fully saturated rings. The van der Waals surface area contributed by atoms with Crippen LogP contribution in [0.15, 0.2) is 78.4 Å². The van der Waals surface area contributed by atoms with Crippen molar-refractivity contribution < 1.29 is 9.90 Å². The normalized spacial score (nSPS) is 14.5. The Balaban J connectivity index is 1.96. The van der Waals surface area contributed by atoms with Gasteiger partial charge in [0.2, 0.25) is 0 Å². The summed E-state index contributed by atoms with van der Waals surface area (Å²) in [5.74, 6) is -0.289. The van der Waals surface area contributed by atoms with E-state index in [0.717, 1.165) is 16.7 Å². The molecule has 4 rings (SSSR count). The topological polar surface area (TPSA) is 37.3 Å². The predicted molar refractivity (Wildman–Crippen MR) is 105 cm³/mol. The monoisotopic (exact) mass is 340 g/mol. The number of ketones is 1. The molecular formula is C24H20O2. The molecule has 2 heteroatoms. The van der Waals surface area contributed by atoms with Crippen molar-refractivity contribution in [3.63, 3.8) is 0 Å². The maximum atomic E-state index is 13.2. The maximum Gasteiger partial charge on any atom is 0.194 e. The minimum Gasteiger partial charge on any atom is -0.507 e. The number of allylic oxidation sites excluding steroid dienone is 1. The van der Waals surface area contributed by atoms with Crippen LogP contribution in [0.2, 0.25) is 0 Å². The van der Waals surface area contributed by atoms with Crippen molar-refractivity contribution in [1.29, 1.82) is 0 Å². The zero-order valence-electron chi connectivity index (χ0n) is 14.9. The third-order valence-electron chi connectivity index (χ3n) is 5.08. The highest BCUT2D eigenvalue weighted by Crippen LogP contribution is 2.43. The van der Waals surface area contributed by atoms with Crippen LogP contribution in [0, 0.1) is 13.8 Å². The molecule has 0 amide bonds. The van der Waals surface area contributed by atoms with Gasteiger partial charge in [-0.2, -0.15) is 0 Å². The number of carbonyl (C=O) groups is 1. The van der Waals surface area contributed by atoms with Crippen LogP contribution in [0.25, 0.3) is 5.76 Å². The highest BCUT2D eigenvalue weighted by atomic mass is 16.3. The van der Waals surface area contributed by atoms with Crippen molar-refractivity contribution >= 4 is 11.5 Å². The largest absolute Gasteiger partial charge is 0.507 e. The van der Waals surface area contributed by atoms with Gasteiger partial charge in [0.1, 0.15) is 5.76 Å². The van der Waals surface area contributed by atoms with Crippen LogP contribution in [0.1, 0.15) is 44.1 Å². The van der Waals surface area contributed by atoms with E-state index in [2.05, 4.69) is 32.0 Å². The second kappa shape index (κ2) is 6.30. The smallest absolute Gasteiger partial charge is 0.194 e. The molecule has 3 aromatic rings. The molecule has 0 radical (unpaired) electrons. The van der Waals surface area contributed by atoms with E-state index >= 15 is 0 Å². The number of rotatable bonds is 3. The van der Waals surface area contributed by atoms with E-state index in [-0.39, 0.29) is 17.5 Å². The molecule has 0 saturated carbocycles. The molecule has 26 heavy (non-hydrogen) atoms. The first-order chi connectivity index (χ1) is 12.6. The number of aliphatic hydroxyl groups excluding tert-OH is 1. The Morgan fingerprint density at radius 2 is 1.46 bits per heavy atom. The number of fused-ring (bicyclic) bond motifs is 1. The summed E-state index contributed by atoms with van der Waals surface area (Å²) in [6.45, 7) is 4.12. The van der Waals surface area contributed by atoms with Gasteiger partial charge in [0.15, 0.2) is 5.78 Å². The number of benzene rings is 3. The molecular weight excluding hydrogens is 320 g/mol. The number of hydrogen-bond acceptors (Lipinski definition) is 2. The van der Waals surface area contributed by atoms with E-state index in [1.165, 1.54) is 5.56 Å². The van der Waals surface area contributed by atoms with E-state index in [0.29, 0.717) is 16.7 Å². The molecule has 3 aromatic carbocycles. The highest BCUT2D eigenvalue weighted by Gasteiger charge is 2.36. The lowest BCUT2D eigenvalue weighted by Crippen LogP contribution is -2.13. The average molecular weight is 340 g/mol. The van der Waals surface area contributed by atoms with Gasteiger partial charge in [-0.25, -0.2) is 0 Å².